The van der Waals surface area contributed by atoms with Gasteiger partial charge in [-0.05, 0) is 49.0 Å². The van der Waals surface area contributed by atoms with Crippen molar-refractivity contribution >= 4 is 11.8 Å². The number of unbranched alkanes of at least 4 members (excludes halogenated alkanes) is 2. The van der Waals surface area contributed by atoms with E-state index in [1.54, 1.807) is 0 Å². The first-order valence-corrected chi connectivity index (χ1v) is 7.07. The summed E-state index contributed by atoms with van der Waals surface area (Å²) in [4.78, 5) is 5.60. The summed E-state index contributed by atoms with van der Waals surface area (Å²) in [6, 6.07) is 2.29. The summed E-state index contributed by atoms with van der Waals surface area (Å²) in [6.45, 7) is 0.323. The van der Waals surface area contributed by atoms with E-state index in [0.29, 0.717) is 6.61 Å². The SMILES string of the molecule is OCCCCCSc1cncc(C2CC2)c1. The van der Waals surface area contributed by atoms with Crippen molar-refractivity contribution < 1.29 is 5.11 Å². The van der Waals surface area contributed by atoms with Gasteiger partial charge in [-0.15, -0.1) is 11.8 Å². The first kappa shape index (κ1) is 11.9. The minimum atomic E-state index is 0.323. The molecule has 1 saturated carbocycles. The van der Waals surface area contributed by atoms with Crippen LogP contribution in [0, 0.1) is 0 Å². The highest BCUT2D eigenvalue weighted by Gasteiger charge is 2.23. The Morgan fingerprint density at radius 1 is 1.25 bits per heavy atom. The summed E-state index contributed by atoms with van der Waals surface area (Å²) in [6.07, 6.45) is 9.88. The summed E-state index contributed by atoms with van der Waals surface area (Å²) in [5.74, 6) is 1.93. The van der Waals surface area contributed by atoms with E-state index in [2.05, 4.69) is 11.1 Å². The van der Waals surface area contributed by atoms with Gasteiger partial charge in [0, 0.05) is 23.9 Å². The fourth-order valence-corrected chi connectivity index (χ4v) is 2.67. The molecule has 0 spiro atoms. The molecule has 1 N–H and O–H groups in total. The second kappa shape index (κ2) is 6.26. The Bertz CT molecular complexity index is 325. The lowest BCUT2D eigenvalue weighted by Crippen LogP contribution is -1.87. The molecule has 2 rings (SSSR count). The van der Waals surface area contributed by atoms with Crippen molar-refractivity contribution in [3.63, 3.8) is 0 Å². The molecule has 0 atom stereocenters. The van der Waals surface area contributed by atoms with E-state index in [4.69, 9.17) is 5.11 Å². The number of aromatic nitrogens is 1. The maximum absolute atomic E-state index is 8.67. The molecule has 16 heavy (non-hydrogen) atoms. The normalized spacial score (nSPS) is 15.3. The van der Waals surface area contributed by atoms with Crippen molar-refractivity contribution in [2.75, 3.05) is 12.4 Å². The van der Waals surface area contributed by atoms with Gasteiger partial charge in [0.2, 0.25) is 0 Å². The van der Waals surface area contributed by atoms with E-state index >= 15 is 0 Å². The van der Waals surface area contributed by atoms with E-state index in [1.807, 2.05) is 24.2 Å². The highest BCUT2D eigenvalue weighted by Crippen LogP contribution is 2.40. The minimum absolute atomic E-state index is 0.323. The molecule has 1 aromatic rings. The van der Waals surface area contributed by atoms with Crippen LogP contribution < -0.4 is 0 Å². The zero-order valence-corrected chi connectivity index (χ0v) is 10.4. The largest absolute Gasteiger partial charge is 0.396 e. The summed E-state index contributed by atoms with van der Waals surface area (Å²) < 4.78 is 0. The molecule has 3 heteroatoms. The van der Waals surface area contributed by atoms with Gasteiger partial charge in [0.15, 0.2) is 0 Å². The molecule has 0 aromatic carbocycles. The Labute approximate surface area is 101 Å². The first-order chi connectivity index (χ1) is 7.90. The first-order valence-electron chi connectivity index (χ1n) is 6.09. The van der Waals surface area contributed by atoms with Crippen LogP contribution in [-0.4, -0.2) is 22.5 Å². The maximum Gasteiger partial charge on any atom is 0.0431 e. The lowest BCUT2D eigenvalue weighted by atomic mass is 10.2. The van der Waals surface area contributed by atoms with Gasteiger partial charge in [-0.3, -0.25) is 4.98 Å². The monoisotopic (exact) mass is 237 g/mol. The van der Waals surface area contributed by atoms with Crippen LogP contribution in [0.2, 0.25) is 0 Å². The van der Waals surface area contributed by atoms with E-state index in [1.165, 1.54) is 29.7 Å². The number of nitrogens with zero attached hydrogens (tertiary/aromatic N) is 1. The molecule has 0 radical (unpaired) electrons. The van der Waals surface area contributed by atoms with Crippen LogP contribution in [0.25, 0.3) is 0 Å². The van der Waals surface area contributed by atoms with Crippen molar-refractivity contribution in [2.24, 2.45) is 0 Å². The van der Waals surface area contributed by atoms with E-state index in [-0.39, 0.29) is 0 Å². The zero-order valence-electron chi connectivity index (χ0n) is 9.56. The third kappa shape index (κ3) is 3.80. The van der Waals surface area contributed by atoms with Crippen LogP contribution in [-0.2, 0) is 0 Å². The summed E-state index contributed by atoms with van der Waals surface area (Å²) in [7, 11) is 0. The summed E-state index contributed by atoms with van der Waals surface area (Å²) in [5.41, 5.74) is 1.42. The van der Waals surface area contributed by atoms with Crippen molar-refractivity contribution in [2.45, 2.75) is 42.9 Å². The predicted octanol–water partition coefficient (Wildman–Crippen LogP) is 3.21. The van der Waals surface area contributed by atoms with Crippen LogP contribution >= 0.6 is 11.8 Å². The fourth-order valence-electron chi connectivity index (χ4n) is 1.74. The number of pyridine rings is 1. The Morgan fingerprint density at radius 3 is 2.88 bits per heavy atom. The van der Waals surface area contributed by atoms with Gasteiger partial charge in [0.05, 0.1) is 0 Å². The van der Waals surface area contributed by atoms with E-state index in [9.17, 15) is 0 Å². The molecule has 1 heterocycles. The summed E-state index contributed by atoms with van der Waals surface area (Å²) in [5, 5.41) is 8.67. The van der Waals surface area contributed by atoms with Gasteiger partial charge in [-0.1, -0.05) is 6.42 Å². The number of aliphatic hydroxyl groups is 1. The number of hydrogen-bond donors (Lipinski definition) is 1. The molecule has 0 amide bonds. The molecule has 1 fully saturated rings. The molecule has 1 aliphatic rings. The molecule has 1 aliphatic carbocycles. The van der Waals surface area contributed by atoms with E-state index < -0.39 is 0 Å². The van der Waals surface area contributed by atoms with Crippen LogP contribution in [0.5, 0.6) is 0 Å². The van der Waals surface area contributed by atoms with Gasteiger partial charge in [0.25, 0.3) is 0 Å². The Morgan fingerprint density at radius 2 is 2.12 bits per heavy atom. The number of aliphatic hydroxyl groups excluding tert-OH is 1. The molecule has 0 saturated heterocycles. The average molecular weight is 237 g/mol. The highest BCUT2D eigenvalue weighted by atomic mass is 32.2. The molecule has 2 nitrogen and oxygen atoms in total. The minimum Gasteiger partial charge on any atom is -0.396 e. The molecule has 0 aliphatic heterocycles. The topological polar surface area (TPSA) is 33.1 Å². The quantitative estimate of drug-likeness (QED) is 0.584. The Hall–Kier alpha value is -0.540. The highest BCUT2D eigenvalue weighted by molar-refractivity contribution is 7.99. The summed E-state index contributed by atoms with van der Waals surface area (Å²) >= 11 is 1.89. The second-order valence-corrected chi connectivity index (χ2v) is 5.53. The van der Waals surface area contributed by atoms with Crippen LogP contribution in [0.15, 0.2) is 23.4 Å². The Kier molecular flexibility index (Phi) is 4.67. The number of rotatable bonds is 7. The lowest BCUT2D eigenvalue weighted by Gasteiger charge is -2.03. The Balaban J connectivity index is 1.73. The van der Waals surface area contributed by atoms with Gasteiger partial charge in [-0.25, -0.2) is 0 Å². The van der Waals surface area contributed by atoms with E-state index in [0.717, 1.165) is 24.5 Å². The molecular formula is C13H19NOS. The molecular weight excluding hydrogens is 218 g/mol. The van der Waals surface area contributed by atoms with Gasteiger partial charge in [-0.2, -0.15) is 0 Å². The molecule has 0 bridgehead atoms. The predicted molar refractivity (Wildman–Crippen MR) is 67.9 cm³/mol. The number of hydrogen-bond acceptors (Lipinski definition) is 3. The van der Waals surface area contributed by atoms with Crippen molar-refractivity contribution in [1.82, 2.24) is 4.98 Å². The fraction of sp³-hybridized carbons (Fsp3) is 0.615. The van der Waals surface area contributed by atoms with Crippen LogP contribution in [0.1, 0.15) is 43.6 Å². The van der Waals surface area contributed by atoms with Gasteiger partial charge >= 0.3 is 0 Å². The van der Waals surface area contributed by atoms with Gasteiger partial charge < -0.3 is 5.11 Å². The third-order valence-electron chi connectivity index (χ3n) is 2.85. The van der Waals surface area contributed by atoms with Crippen LogP contribution in [0.3, 0.4) is 0 Å². The van der Waals surface area contributed by atoms with Gasteiger partial charge in [0.1, 0.15) is 0 Å². The lowest BCUT2D eigenvalue weighted by molar-refractivity contribution is 0.284. The maximum atomic E-state index is 8.67. The smallest absolute Gasteiger partial charge is 0.0431 e. The molecule has 1 aromatic heterocycles. The van der Waals surface area contributed by atoms with Crippen molar-refractivity contribution in [3.8, 4) is 0 Å². The average Bonchev–Trinajstić information content (AvgIpc) is 3.13. The van der Waals surface area contributed by atoms with Crippen LogP contribution in [0.4, 0.5) is 0 Å². The van der Waals surface area contributed by atoms with Crippen molar-refractivity contribution in [1.29, 1.82) is 0 Å². The molecule has 0 unspecified atom stereocenters. The second-order valence-electron chi connectivity index (χ2n) is 4.36. The third-order valence-corrected chi connectivity index (χ3v) is 3.90. The van der Waals surface area contributed by atoms with Crippen molar-refractivity contribution in [3.05, 3.63) is 24.0 Å². The number of thioether (sulfide) groups is 1. The molecule has 88 valence electrons. The standard InChI is InChI=1S/C13H19NOS/c15-6-2-1-3-7-16-13-8-12(9-14-10-13)11-4-5-11/h8-11,15H,1-7H2. The zero-order chi connectivity index (χ0) is 11.2.